The molecule has 1 N–H and O–H groups in total. The van der Waals surface area contributed by atoms with Crippen molar-refractivity contribution in [3.63, 3.8) is 0 Å². The first-order chi connectivity index (χ1) is 9.70. The third-order valence-electron chi connectivity index (χ3n) is 2.66. The molecule has 0 aliphatic heterocycles. The van der Waals surface area contributed by atoms with E-state index in [0.717, 1.165) is 19.4 Å². The first kappa shape index (κ1) is 18.0. The Hall–Kier alpha value is -1.09. The van der Waals surface area contributed by atoms with E-state index in [9.17, 15) is 18.0 Å². The minimum Gasteiger partial charge on any atom is -0.383 e. The van der Waals surface area contributed by atoms with Crippen LogP contribution in [-0.4, -0.2) is 48.0 Å². The van der Waals surface area contributed by atoms with E-state index in [2.05, 4.69) is 31.2 Å². The van der Waals surface area contributed by atoms with Gasteiger partial charge in [0.25, 0.3) is 5.56 Å². The van der Waals surface area contributed by atoms with Crippen molar-refractivity contribution in [3.05, 3.63) is 21.0 Å². The maximum atomic E-state index is 12.3. The van der Waals surface area contributed by atoms with E-state index in [-0.39, 0.29) is 4.47 Å². The highest BCUT2D eigenvalue weighted by Gasteiger charge is 2.29. The number of alkyl halides is 3. The third kappa shape index (κ3) is 6.47. The Morgan fingerprint density at radius 1 is 1.38 bits per heavy atom. The first-order valence-corrected chi connectivity index (χ1v) is 7.21. The number of nitrogens with one attached hydrogen (secondary N) is 1. The fourth-order valence-corrected chi connectivity index (χ4v) is 2.09. The van der Waals surface area contributed by atoms with Gasteiger partial charge in [0.15, 0.2) is 0 Å². The Morgan fingerprint density at radius 3 is 2.62 bits per heavy atom. The van der Waals surface area contributed by atoms with Crippen LogP contribution in [0.3, 0.4) is 0 Å². The van der Waals surface area contributed by atoms with Crippen molar-refractivity contribution in [2.45, 2.75) is 25.6 Å². The van der Waals surface area contributed by atoms with Gasteiger partial charge in [0, 0.05) is 6.54 Å². The molecule has 0 saturated carbocycles. The number of anilines is 1. The third-order valence-corrected chi connectivity index (χ3v) is 3.43. The molecular formula is C12H18BrF3N4O. The van der Waals surface area contributed by atoms with Gasteiger partial charge >= 0.3 is 6.18 Å². The molecule has 0 saturated heterocycles. The fourth-order valence-electron chi connectivity index (χ4n) is 1.65. The lowest BCUT2D eigenvalue weighted by atomic mass is 10.3. The van der Waals surface area contributed by atoms with Crippen molar-refractivity contribution in [2.24, 2.45) is 0 Å². The Bertz CT molecular complexity index is 516. The molecule has 0 spiro atoms. The van der Waals surface area contributed by atoms with Gasteiger partial charge in [-0.1, -0.05) is 0 Å². The number of unbranched alkanes of at least 4 members (excludes halogenated alkanes) is 1. The molecular weight excluding hydrogens is 353 g/mol. The zero-order valence-corrected chi connectivity index (χ0v) is 13.5. The molecule has 0 radical (unpaired) electrons. The van der Waals surface area contributed by atoms with Crippen molar-refractivity contribution in [1.82, 2.24) is 14.7 Å². The largest absolute Gasteiger partial charge is 0.408 e. The quantitative estimate of drug-likeness (QED) is 0.748. The van der Waals surface area contributed by atoms with Crippen LogP contribution in [0, 0.1) is 0 Å². The van der Waals surface area contributed by atoms with Gasteiger partial charge in [0.05, 0.1) is 11.9 Å². The first-order valence-electron chi connectivity index (χ1n) is 6.41. The summed E-state index contributed by atoms with van der Waals surface area (Å²) in [5.41, 5.74) is -0.395. The maximum absolute atomic E-state index is 12.3. The summed E-state index contributed by atoms with van der Waals surface area (Å²) in [6.45, 7) is 0.179. The Labute approximate surface area is 129 Å². The smallest absolute Gasteiger partial charge is 0.383 e. The van der Waals surface area contributed by atoms with E-state index in [1.54, 1.807) is 0 Å². The van der Waals surface area contributed by atoms with Crippen LogP contribution in [0.5, 0.6) is 0 Å². The van der Waals surface area contributed by atoms with Gasteiger partial charge < -0.3 is 10.2 Å². The highest BCUT2D eigenvalue weighted by atomic mass is 79.9. The minimum atomic E-state index is -4.47. The molecule has 5 nitrogen and oxygen atoms in total. The normalized spacial score (nSPS) is 12.0. The van der Waals surface area contributed by atoms with Crippen molar-refractivity contribution >= 4 is 21.6 Å². The van der Waals surface area contributed by atoms with Gasteiger partial charge in [-0.25, -0.2) is 4.68 Å². The van der Waals surface area contributed by atoms with Gasteiger partial charge in [0.1, 0.15) is 11.0 Å². The summed E-state index contributed by atoms with van der Waals surface area (Å²) in [4.78, 5) is 13.8. The van der Waals surface area contributed by atoms with Crippen LogP contribution < -0.4 is 10.9 Å². The number of rotatable bonds is 7. The van der Waals surface area contributed by atoms with Crippen LogP contribution in [0.25, 0.3) is 0 Å². The summed E-state index contributed by atoms with van der Waals surface area (Å²) in [5, 5.41) is 6.53. The Balaban J connectivity index is 2.61. The lowest BCUT2D eigenvalue weighted by Crippen LogP contribution is -2.31. The van der Waals surface area contributed by atoms with Gasteiger partial charge in [-0.05, 0) is 49.4 Å². The second-order valence-corrected chi connectivity index (χ2v) is 5.68. The molecule has 1 aromatic heterocycles. The molecule has 0 unspecified atom stereocenters. The molecule has 21 heavy (non-hydrogen) atoms. The Morgan fingerprint density at radius 2 is 2.05 bits per heavy atom. The topological polar surface area (TPSA) is 50.2 Å². The summed E-state index contributed by atoms with van der Waals surface area (Å²) < 4.78 is 37.3. The number of nitrogens with zero attached hydrogens (tertiary/aromatic N) is 3. The summed E-state index contributed by atoms with van der Waals surface area (Å²) in [6.07, 6.45) is -1.38. The van der Waals surface area contributed by atoms with Gasteiger partial charge in [0.2, 0.25) is 0 Å². The van der Waals surface area contributed by atoms with Gasteiger partial charge in [-0.15, -0.1) is 0 Å². The van der Waals surface area contributed by atoms with E-state index in [0.29, 0.717) is 16.9 Å². The molecule has 0 aromatic carbocycles. The molecule has 0 amide bonds. The molecule has 9 heteroatoms. The van der Waals surface area contributed by atoms with Gasteiger partial charge in [-0.2, -0.15) is 18.3 Å². The molecule has 1 heterocycles. The number of hydrogen-bond acceptors (Lipinski definition) is 4. The van der Waals surface area contributed by atoms with Crippen LogP contribution in [0.15, 0.2) is 15.5 Å². The highest BCUT2D eigenvalue weighted by molar-refractivity contribution is 9.10. The lowest BCUT2D eigenvalue weighted by molar-refractivity contribution is -0.143. The average molecular weight is 371 g/mol. The summed E-state index contributed by atoms with van der Waals surface area (Å²) in [7, 11) is 3.96. The maximum Gasteiger partial charge on any atom is 0.408 e. The Kier molecular flexibility index (Phi) is 6.66. The van der Waals surface area contributed by atoms with Crippen LogP contribution in [0.2, 0.25) is 0 Å². The van der Waals surface area contributed by atoms with Crippen molar-refractivity contribution in [3.8, 4) is 0 Å². The van der Waals surface area contributed by atoms with Gasteiger partial charge in [-0.3, -0.25) is 4.79 Å². The standard InChI is InChI=1S/C12H18BrF3N4O/c1-19(2)6-4-3-5-17-9-7-18-20(8-12(14,15)16)11(21)10(9)13/h7,17H,3-6,8H2,1-2H3. The second kappa shape index (κ2) is 7.79. The molecule has 0 bridgehead atoms. The van der Waals surface area contributed by atoms with E-state index in [4.69, 9.17) is 0 Å². The van der Waals surface area contributed by atoms with Crippen molar-refractivity contribution in [2.75, 3.05) is 32.5 Å². The van der Waals surface area contributed by atoms with Crippen LogP contribution >= 0.6 is 15.9 Å². The predicted octanol–water partition coefficient (Wildman–Crippen LogP) is 2.32. The molecule has 0 atom stereocenters. The monoisotopic (exact) mass is 370 g/mol. The predicted molar refractivity (Wildman–Crippen MR) is 78.5 cm³/mol. The second-order valence-electron chi connectivity index (χ2n) is 4.89. The fraction of sp³-hybridized carbons (Fsp3) is 0.667. The van der Waals surface area contributed by atoms with E-state index in [1.165, 1.54) is 6.20 Å². The zero-order valence-electron chi connectivity index (χ0n) is 11.9. The molecule has 0 aliphatic rings. The van der Waals surface area contributed by atoms with Crippen LogP contribution in [-0.2, 0) is 6.54 Å². The summed E-state index contributed by atoms with van der Waals surface area (Å²) in [6, 6.07) is 0. The van der Waals surface area contributed by atoms with Crippen LogP contribution in [0.4, 0.5) is 18.9 Å². The van der Waals surface area contributed by atoms with E-state index in [1.807, 2.05) is 14.1 Å². The van der Waals surface area contributed by atoms with E-state index >= 15 is 0 Å². The SMILES string of the molecule is CN(C)CCCCNc1cnn(CC(F)(F)F)c(=O)c1Br. The highest BCUT2D eigenvalue weighted by Crippen LogP contribution is 2.19. The zero-order chi connectivity index (χ0) is 16.0. The molecule has 120 valence electrons. The number of aromatic nitrogens is 2. The number of halogens is 4. The number of hydrogen-bond donors (Lipinski definition) is 1. The molecule has 1 aromatic rings. The summed E-state index contributed by atoms with van der Waals surface area (Å²) >= 11 is 3.02. The van der Waals surface area contributed by atoms with Crippen molar-refractivity contribution < 1.29 is 13.2 Å². The van der Waals surface area contributed by atoms with Crippen molar-refractivity contribution in [1.29, 1.82) is 0 Å². The summed E-state index contributed by atoms with van der Waals surface area (Å²) in [5.74, 6) is 0. The molecule has 0 fully saturated rings. The average Bonchev–Trinajstić information content (AvgIpc) is 2.35. The minimum absolute atomic E-state index is 0.0642. The van der Waals surface area contributed by atoms with Crippen LogP contribution in [0.1, 0.15) is 12.8 Å². The molecule has 0 aliphatic carbocycles. The van der Waals surface area contributed by atoms with E-state index < -0.39 is 18.3 Å². The molecule has 1 rings (SSSR count). The lowest BCUT2D eigenvalue weighted by Gasteiger charge is -2.12.